The molecule has 1 aromatic rings. The fourth-order valence-corrected chi connectivity index (χ4v) is 1.94. The van der Waals surface area contributed by atoms with Gasteiger partial charge >= 0.3 is 6.18 Å². The van der Waals surface area contributed by atoms with Gasteiger partial charge in [-0.1, -0.05) is 12.1 Å². The zero-order valence-electron chi connectivity index (χ0n) is 10.5. The van der Waals surface area contributed by atoms with Gasteiger partial charge in [-0.05, 0) is 19.1 Å². The van der Waals surface area contributed by atoms with Gasteiger partial charge < -0.3 is 5.32 Å². The van der Waals surface area contributed by atoms with Crippen LogP contribution < -0.4 is 10.0 Å². The molecule has 0 bridgehead atoms. The topological polar surface area (TPSA) is 75.3 Å². The molecule has 0 aliphatic carbocycles. The van der Waals surface area contributed by atoms with E-state index in [1.165, 1.54) is 31.2 Å². The van der Waals surface area contributed by atoms with Crippen molar-refractivity contribution < 1.29 is 26.4 Å². The second-order valence-corrected chi connectivity index (χ2v) is 5.86. The Morgan fingerprint density at radius 3 is 2.40 bits per heavy atom. The molecule has 20 heavy (non-hydrogen) atoms. The van der Waals surface area contributed by atoms with E-state index in [0.717, 1.165) is 0 Å². The van der Waals surface area contributed by atoms with Crippen LogP contribution in [0, 0.1) is 0 Å². The summed E-state index contributed by atoms with van der Waals surface area (Å²) in [6.07, 6.45) is -4.53. The molecule has 0 atom stereocenters. The Morgan fingerprint density at radius 1 is 1.25 bits per heavy atom. The average molecular weight is 310 g/mol. The summed E-state index contributed by atoms with van der Waals surface area (Å²) in [5.74, 6) is -1.22. The normalized spacial score (nSPS) is 12.0. The number of nitrogens with one attached hydrogen (secondary N) is 2. The summed E-state index contributed by atoms with van der Waals surface area (Å²) in [4.78, 5) is 11.6. The van der Waals surface area contributed by atoms with Crippen molar-refractivity contribution in [3.8, 4) is 0 Å². The molecule has 0 saturated carbocycles. The van der Waals surface area contributed by atoms with Crippen molar-refractivity contribution in [1.29, 1.82) is 0 Å². The number of amides is 1. The maximum atomic E-state index is 12.0. The number of halogens is 3. The first-order valence-corrected chi connectivity index (χ1v) is 7.24. The largest absolute Gasteiger partial charge is 0.405 e. The van der Waals surface area contributed by atoms with Crippen LogP contribution in [-0.4, -0.2) is 32.8 Å². The van der Waals surface area contributed by atoms with Crippen LogP contribution in [-0.2, 0) is 10.0 Å². The summed E-state index contributed by atoms with van der Waals surface area (Å²) < 4.78 is 61.1. The van der Waals surface area contributed by atoms with E-state index in [0.29, 0.717) is 0 Å². The van der Waals surface area contributed by atoms with Gasteiger partial charge in [-0.15, -0.1) is 0 Å². The molecule has 0 aromatic heterocycles. The second-order valence-electron chi connectivity index (χ2n) is 3.85. The molecule has 0 fully saturated rings. The second kappa shape index (κ2) is 6.12. The molecule has 9 heteroatoms. The monoisotopic (exact) mass is 310 g/mol. The van der Waals surface area contributed by atoms with Crippen molar-refractivity contribution in [2.45, 2.75) is 13.1 Å². The maximum absolute atomic E-state index is 12.0. The SMILES string of the molecule is CCS(=O)(=O)Nc1ccccc1C(=O)NCC(F)(F)F. The lowest BCUT2D eigenvalue weighted by atomic mass is 10.1. The van der Waals surface area contributed by atoms with E-state index in [1.807, 2.05) is 0 Å². The summed E-state index contributed by atoms with van der Waals surface area (Å²) in [6, 6.07) is 5.43. The Balaban J connectivity index is 2.93. The average Bonchev–Trinajstić information content (AvgIpc) is 2.35. The third-order valence-corrected chi connectivity index (χ3v) is 3.56. The molecule has 0 aliphatic heterocycles. The van der Waals surface area contributed by atoms with Crippen LogP contribution in [0.15, 0.2) is 24.3 Å². The molecule has 0 spiro atoms. The molecule has 1 aromatic carbocycles. The van der Waals surface area contributed by atoms with Crippen LogP contribution >= 0.6 is 0 Å². The highest BCUT2D eigenvalue weighted by Gasteiger charge is 2.28. The third-order valence-electron chi connectivity index (χ3n) is 2.27. The Labute approximate surface area is 114 Å². The number of sulfonamides is 1. The molecule has 5 nitrogen and oxygen atoms in total. The predicted octanol–water partition coefficient (Wildman–Crippen LogP) is 1.74. The number of hydrogen-bond donors (Lipinski definition) is 2. The van der Waals surface area contributed by atoms with E-state index in [2.05, 4.69) is 4.72 Å². The zero-order chi connectivity index (χ0) is 15.4. The summed E-state index contributed by atoms with van der Waals surface area (Å²) >= 11 is 0. The number of carbonyl (C=O) groups excluding carboxylic acids is 1. The van der Waals surface area contributed by atoms with E-state index in [9.17, 15) is 26.4 Å². The van der Waals surface area contributed by atoms with Crippen LogP contribution in [0.5, 0.6) is 0 Å². The molecule has 112 valence electrons. The minimum atomic E-state index is -4.53. The van der Waals surface area contributed by atoms with E-state index in [-0.39, 0.29) is 17.0 Å². The van der Waals surface area contributed by atoms with Gasteiger partial charge in [-0.25, -0.2) is 8.42 Å². The minimum absolute atomic E-state index is 0.0611. The molecule has 2 N–H and O–H groups in total. The first kappa shape index (κ1) is 16.3. The molecule has 0 saturated heterocycles. The van der Waals surface area contributed by atoms with Crippen molar-refractivity contribution in [1.82, 2.24) is 5.32 Å². The molecule has 1 rings (SSSR count). The number of para-hydroxylation sites is 1. The quantitative estimate of drug-likeness (QED) is 0.870. The summed E-state index contributed by atoms with van der Waals surface area (Å²) in [7, 11) is -3.62. The van der Waals surface area contributed by atoms with Crippen LogP contribution in [0.2, 0.25) is 0 Å². The fourth-order valence-electron chi connectivity index (χ4n) is 1.29. The number of alkyl halides is 3. The molecule has 0 aliphatic rings. The minimum Gasteiger partial charge on any atom is -0.343 e. The standard InChI is InChI=1S/C11H13F3N2O3S/c1-2-20(18,19)16-9-6-4-3-5-8(9)10(17)15-7-11(12,13)14/h3-6,16H,2,7H2,1H3,(H,15,17). The number of carbonyl (C=O) groups is 1. The third kappa shape index (κ3) is 5.08. The lowest BCUT2D eigenvalue weighted by Gasteiger charge is -2.12. The van der Waals surface area contributed by atoms with Gasteiger partial charge in [0.1, 0.15) is 6.54 Å². The summed E-state index contributed by atoms with van der Waals surface area (Å²) in [6.45, 7) is -0.0879. The van der Waals surface area contributed by atoms with Crippen molar-refractivity contribution in [3.63, 3.8) is 0 Å². The predicted molar refractivity (Wildman–Crippen MR) is 67.9 cm³/mol. The van der Waals surface area contributed by atoms with Gasteiger partial charge in [0, 0.05) is 0 Å². The lowest BCUT2D eigenvalue weighted by molar-refractivity contribution is -0.123. The highest BCUT2D eigenvalue weighted by atomic mass is 32.2. The van der Waals surface area contributed by atoms with Gasteiger partial charge in [-0.2, -0.15) is 13.2 Å². The van der Waals surface area contributed by atoms with Gasteiger partial charge in [0.2, 0.25) is 10.0 Å². The van der Waals surface area contributed by atoms with Crippen molar-refractivity contribution in [2.24, 2.45) is 0 Å². The lowest BCUT2D eigenvalue weighted by Crippen LogP contribution is -2.34. The van der Waals surface area contributed by atoms with E-state index in [4.69, 9.17) is 0 Å². The molecule has 1 amide bonds. The van der Waals surface area contributed by atoms with Gasteiger partial charge in [0.15, 0.2) is 0 Å². The van der Waals surface area contributed by atoms with E-state index >= 15 is 0 Å². The van der Waals surface area contributed by atoms with Crippen LogP contribution in [0.4, 0.5) is 18.9 Å². The highest BCUT2D eigenvalue weighted by Crippen LogP contribution is 2.18. The van der Waals surface area contributed by atoms with E-state index in [1.54, 1.807) is 5.32 Å². The van der Waals surface area contributed by atoms with Gasteiger partial charge in [0.25, 0.3) is 5.91 Å². The van der Waals surface area contributed by atoms with Crippen molar-refractivity contribution in [3.05, 3.63) is 29.8 Å². The van der Waals surface area contributed by atoms with Gasteiger partial charge in [-0.3, -0.25) is 9.52 Å². The Morgan fingerprint density at radius 2 is 1.85 bits per heavy atom. The molecular weight excluding hydrogens is 297 g/mol. The maximum Gasteiger partial charge on any atom is 0.405 e. The van der Waals surface area contributed by atoms with E-state index < -0.39 is 28.7 Å². The number of benzene rings is 1. The summed E-state index contributed by atoms with van der Waals surface area (Å²) in [5, 5.41) is 1.68. The Kier molecular flexibility index (Phi) is 4.98. The highest BCUT2D eigenvalue weighted by molar-refractivity contribution is 7.92. The zero-order valence-corrected chi connectivity index (χ0v) is 11.3. The Hall–Kier alpha value is -1.77. The molecule has 0 radical (unpaired) electrons. The first-order chi connectivity index (χ1) is 9.14. The van der Waals surface area contributed by atoms with Crippen LogP contribution in [0.3, 0.4) is 0 Å². The van der Waals surface area contributed by atoms with Crippen molar-refractivity contribution in [2.75, 3.05) is 17.0 Å². The molecule has 0 unspecified atom stereocenters. The molecule has 0 heterocycles. The number of rotatable bonds is 5. The number of anilines is 1. The Bertz CT molecular complexity index is 585. The van der Waals surface area contributed by atoms with Gasteiger partial charge in [0.05, 0.1) is 17.0 Å². The molecular formula is C11H13F3N2O3S. The van der Waals surface area contributed by atoms with Crippen LogP contribution in [0.1, 0.15) is 17.3 Å². The smallest absolute Gasteiger partial charge is 0.343 e. The summed E-state index contributed by atoms with van der Waals surface area (Å²) in [5.41, 5.74) is -0.234. The fraction of sp³-hybridized carbons (Fsp3) is 0.364. The first-order valence-electron chi connectivity index (χ1n) is 5.59. The number of hydrogen-bond acceptors (Lipinski definition) is 3. The van der Waals surface area contributed by atoms with Crippen LogP contribution in [0.25, 0.3) is 0 Å². The van der Waals surface area contributed by atoms with Crippen molar-refractivity contribution >= 4 is 21.6 Å².